The Labute approximate surface area is 119 Å². The number of nitrogens with one attached hydrogen (secondary N) is 1. The number of aryl methyl sites for hydroxylation is 1. The average molecular weight is 278 g/mol. The lowest BCUT2D eigenvalue weighted by Crippen LogP contribution is -2.19. The van der Waals surface area contributed by atoms with Crippen LogP contribution in [-0.4, -0.2) is 33.6 Å². The van der Waals surface area contributed by atoms with Crippen molar-refractivity contribution in [1.29, 1.82) is 0 Å². The van der Waals surface area contributed by atoms with E-state index in [0.717, 1.165) is 18.5 Å². The molecule has 0 spiro atoms. The first-order valence-electron chi connectivity index (χ1n) is 6.85. The molecule has 110 valence electrons. The quantitative estimate of drug-likeness (QED) is 0.827. The van der Waals surface area contributed by atoms with Crippen LogP contribution in [0.15, 0.2) is 16.8 Å². The second-order valence-corrected chi connectivity index (χ2v) is 4.98. The Morgan fingerprint density at radius 2 is 2.25 bits per heavy atom. The highest BCUT2D eigenvalue weighted by Crippen LogP contribution is 2.17. The number of anilines is 1. The zero-order valence-electron chi connectivity index (χ0n) is 12.5. The lowest BCUT2D eigenvalue weighted by Gasteiger charge is -2.12. The first-order chi connectivity index (χ1) is 9.60. The largest absolute Gasteiger partial charge is 0.406 e. The Balaban J connectivity index is 1.97. The van der Waals surface area contributed by atoms with Gasteiger partial charge in [0.1, 0.15) is 0 Å². The van der Waals surface area contributed by atoms with E-state index >= 15 is 0 Å². The summed E-state index contributed by atoms with van der Waals surface area (Å²) in [5.74, 6) is 0.617. The van der Waals surface area contributed by atoms with Gasteiger partial charge >= 0.3 is 6.01 Å². The van der Waals surface area contributed by atoms with Crippen molar-refractivity contribution in [2.24, 2.45) is 7.05 Å². The summed E-state index contributed by atoms with van der Waals surface area (Å²) in [5.41, 5.74) is 1.10. The molecule has 2 heterocycles. The molecule has 7 nitrogen and oxygen atoms in total. The first kappa shape index (κ1) is 14.5. The summed E-state index contributed by atoms with van der Waals surface area (Å²) in [7, 11) is 3.82. The highest BCUT2D eigenvalue weighted by Gasteiger charge is 2.16. The molecule has 0 aliphatic heterocycles. The minimum Gasteiger partial charge on any atom is -0.406 e. The van der Waals surface area contributed by atoms with Gasteiger partial charge in [0.2, 0.25) is 5.89 Å². The van der Waals surface area contributed by atoms with Gasteiger partial charge in [0, 0.05) is 25.9 Å². The van der Waals surface area contributed by atoms with E-state index in [0.29, 0.717) is 18.5 Å². The Bertz CT molecular complexity index is 534. The fraction of sp³-hybridized carbons (Fsp3) is 0.615. The van der Waals surface area contributed by atoms with E-state index in [2.05, 4.69) is 27.5 Å². The predicted octanol–water partition coefficient (Wildman–Crippen LogP) is 1.50. The molecule has 0 aliphatic carbocycles. The van der Waals surface area contributed by atoms with E-state index in [9.17, 15) is 0 Å². The van der Waals surface area contributed by atoms with Gasteiger partial charge in [-0.3, -0.25) is 4.68 Å². The molecular formula is C13H22N6O. The minimum atomic E-state index is 0.0722. The van der Waals surface area contributed by atoms with E-state index in [1.54, 1.807) is 4.68 Å². The van der Waals surface area contributed by atoms with Crippen molar-refractivity contribution in [1.82, 2.24) is 25.3 Å². The van der Waals surface area contributed by atoms with Gasteiger partial charge < -0.3 is 14.6 Å². The fourth-order valence-electron chi connectivity index (χ4n) is 1.90. The second-order valence-electron chi connectivity index (χ2n) is 4.98. The molecule has 1 atom stereocenters. The summed E-state index contributed by atoms with van der Waals surface area (Å²) in [6.07, 6.45) is 4.88. The maximum absolute atomic E-state index is 5.70. The molecule has 0 saturated heterocycles. The molecule has 0 aliphatic rings. The van der Waals surface area contributed by atoms with Gasteiger partial charge in [-0.1, -0.05) is 12.0 Å². The van der Waals surface area contributed by atoms with E-state index in [4.69, 9.17) is 4.42 Å². The van der Waals surface area contributed by atoms with Crippen molar-refractivity contribution in [2.75, 3.05) is 18.5 Å². The number of aromatic nitrogens is 4. The number of hydrogen-bond acceptors (Lipinski definition) is 6. The third-order valence-corrected chi connectivity index (χ3v) is 3.01. The Hall–Kier alpha value is -1.89. The van der Waals surface area contributed by atoms with Crippen LogP contribution in [0, 0.1) is 0 Å². The van der Waals surface area contributed by atoms with Gasteiger partial charge in [-0.05, 0) is 19.9 Å². The number of rotatable bonds is 7. The number of nitrogens with zero attached hydrogens (tertiary/aromatic N) is 5. The molecule has 0 fully saturated rings. The molecular weight excluding hydrogens is 256 g/mol. The zero-order valence-corrected chi connectivity index (χ0v) is 12.5. The van der Waals surface area contributed by atoms with E-state index in [1.165, 1.54) is 0 Å². The van der Waals surface area contributed by atoms with Gasteiger partial charge in [0.25, 0.3) is 0 Å². The molecule has 20 heavy (non-hydrogen) atoms. The summed E-state index contributed by atoms with van der Waals surface area (Å²) in [6.45, 7) is 5.77. The van der Waals surface area contributed by atoms with Crippen LogP contribution in [0.5, 0.6) is 0 Å². The lowest BCUT2D eigenvalue weighted by atomic mass is 10.3. The molecule has 0 aromatic carbocycles. The van der Waals surface area contributed by atoms with Crippen molar-refractivity contribution in [2.45, 2.75) is 32.9 Å². The molecule has 2 aromatic rings. The van der Waals surface area contributed by atoms with Gasteiger partial charge in [-0.15, -0.1) is 5.10 Å². The van der Waals surface area contributed by atoms with Crippen LogP contribution < -0.4 is 10.2 Å². The van der Waals surface area contributed by atoms with Crippen molar-refractivity contribution < 1.29 is 4.42 Å². The molecule has 1 unspecified atom stereocenters. The smallest absolute Gasteiger partial charge is 0.318 e. The van der Waals surface area contributed by atoms with Gasteiger partial charge in [0.05, 0.1) is 18.8 Å². The molecule has 1 N–H and O–H groups in total. The summed E-state index contributed by atoms with van der Waals surface area (Å²) < 4.78 is 7.47. The van der Waals surface area contributed by atoms with Crippen LogP contribution in [0.4, 0.5) is 6.01 Å². The van der Waals surface area contributed by atoms with Crippen LogP contribution in [0.2, 0.25) is 0 Å². The lowest BCUT2D eigenvalue weighted by molar-refractivity contribution is 0.416. The predicted molar refractivity (Wildman–Crippen MR) is 76.3 cm³/mol. The first-order valence-corrected chi connectivity index (χ1v) is 6.85. The molecule has 0 amide bonds. The molecule has 0 radical (unpaired) electrons. The zero-order chi connectivity index (χ0) is 14.5. The fourth-order valence-corrected chi connectivity index (χ4v) is 1.90. The third kappa shape index (κ3) is 3.57. The molecule has 7 heteroatoms. The topological polar surface area (TPSA) is 72.0 Å². The van der Waals surface area contributed by atoms with Gasteiger partial charge in [-0.25, -0.2) is 0 Å². The van der Waals surface area contributed by atoms with E-state index in [-0.39, 0.29) is 6.04 Å². The maximum atomic E-state index is 5.70. The third-order valence-electron chi connectivity index (χ3n) is 3.01. The monoisotopic (exact) mass is 278 g/mol. The Kier molecular flexibility index (Phi) is 4.73. The van der Waals surface area contributed by atoms with Crippen LogP contribution in [0.25, 0.3) is 0 Å². The highest BCUT2D eigenvalue weighted by atomic mass is 16.4. The Morgan fingerprint density at radius 3 is 2.90 bits per heavy atom. The number of hydrogen-bond donors (Lipinski definition) is 1. The maximum Gasteiger partial charge on any atom is 0.318 e. The highest BCUT2D eigenvalue weighted by molar-refractivity contribution is 5.25. The molecule has 0 saturated carbocycles. The van der Waals surface area contributed by atoms with Crippen LogP contribution in [-0.2, 0) is 13.6 Å². The summed E-state index contributed by atoms with van der Waals surface area (Å²) in [4.78, 5) is 1.92. The van der Waals surface area contributed by atoms with Crippen LogP contribution in [0.3, 0.4) is 0 Å². The van der Waals surface area contributed by atoms with Crippen molar-refractivity contribution in [3.63, 3.8) is 0 Å². The normalized spacial score (nSPS) is 12.6. The van der Waals surface area contributed by atoms with Gasteiger partial charge in [0.15, 0.2) is 0 Å². The van der Waals surface area contributed by atoms with Crippen molar-refractivity contribution in [3.8, 4) is 0 Å². The average Bonchev–Trinajstić information content (AvgIpc) is 3.05. The van der Waals surface area contributed by atoms with Crippen molar-refractivity contribution >= 4 is 6.01 Å². The Morgan fingerprint density at radius 1 is 1.45 bits per heavy atom. The summed E-state index contributed by atoms with van der Waals surface area (Å²) >= 11 is 0. The molecule has 2 aromatic heterocycles. The minimum absolute atomic E-state index is 0.0722. The van der Waals surface area contributed by atoms with Crippen LogP contribution >= 0.6 is 0 Å². The molecule has 2 rings (SSSR count). The SMILES string of the molecule is CCCNC(C)c1nnc(N(C)Cc2cnn(C)c2)o1. The molecule has 0 bridgehead atoms. The van der Waals surface area contributed by atoms with Gasteiger partial charge in [-0.2, -0.15) is 5.10 Å². The summed E-state index contributed by atoms with van der Waals surface area (Å²) in [6, 6.07) is 0.594. The standard InChI is InChI=1S/C13H22N6O/c1-5-6-14-10(2)12-16-17-13(20-12)18(3)8-11-7-15-19(4)9-11/h7,9-10,14H,5-6,8H2,1-4H3. The van der Waals surface area contributed by atoms with E-state index in [1.807, 2.05) is 38.3 Å². The van der Waals surface area contributed by atoms with E-state index < -0.39 is 0 Å². The second kappa shape index (κ2) is 6.51. The van der Waals surface area contributed by atoms with Crippen molar-refractivity contribution in [3.05, 3.63) is 23.8 Å². The van der Waals surface area contributed by atoms with Crippen LogP contribution in [0.1, 0.15) is 37.8 Å². The summed E-state index contributed by atoms with van der Waals surface area (Å²) in [5, 5.41) is 15.7.